The van der Waals surface area contributed by atoms with E-state index >= 15 is 0 Å². The Balaban J connectivity index is 4.57. The smallest absolute Gasteiger partial charge is 0.185 e. The van der Waals surface area contributed by atoms with Crippen LogP contribution in [0.3, 0.4) is 0 Å². The normalized spacial score (nSPS) is 13.1. The Morgan fingerprint density at radius 1 is 0.676 bits per heavy atom. The lowest BCUT2D eigenvalue weighted by molar-refractivity contribution is 0.544. The molecule has 34 heavy (non-hydrogen) atoms. The van der Waals surface area contributed by atoms with Gasteiger partial charge in [-0.3, -0.25) is 9.98 Å². The number of nitrogens with two attached hydrogens (primary N) is 3. The fraction of sp³-hybridized carbons (Fsp3) is 0.857. The molecule has 1 atom stereocenters. The molecular weight excluding hydrogens is 420 g/mol. The quantitative estimate of drug-likeness (QED) is 0.0716. The molecule has 0 saturated carbocycles. The summed E-state index contributed by atoms with van der Waals surface area (Å²) < 4.78 is 0. The van der Waals surface area contributed by atoms with Gasteiger partial charge in [0, 0.05) is 18.8 Å². The minimum absolute atomic E-state index is 0.0429. The molecule has 0 saturated heterocycles. The predicted octanol–water partition coefficient (Wildman–Crippen LogP) is 6.54. The van der Waals surface area contributed by atoms with Crippen LogP contribution in [-0.2, 0) is 0 Å². The highest BCUT2D eigenvalue weighted by Crippen LogP contribution is 2.14. The second-order valence-electron chi connectivity index (χ2n) is 9.58. The molecule has 0 aromatic carbocycles. The number of nitrogens with one attached hydrogen (secondary N) is 1. The Bertz CT molecular complexity index is 537. The first-order valence-electron chi connectivity index (χ1n) is 14.4. The summed E-state index contributed by atoms with van der Waals surface area (Å²) in [5, 5.41) is 3.72. The van der Waals surface area contributed by atoms with E-state index < -0.39 is 0 Å². The number of guanidine groups is 1. The van der Waals surface area contributed by atoms with E-state index in [1.807, 2.05) is 0 Å². The number of allylic oxidation sites excluding steroid dienone is 2. The number of hydrogen-bond donors (Lipinski definition) is 4. The van der Waals surface area contributed by atoms with Gasteiger partial charge >= 0.3 is 0 Å². The van der Waals surface area contributed by atoms with E-state index in [0.29, 0.717) is 12.4 Å². The van der Waals surface area contributed by atoms with Crippen molar-refractivity contribution in [1.29, 1.82) is 0 Å². The van der Waals surface area contributed by atoms with Crippen molar-refractivity contribution in [3.05, 3.63) is 11.8 Å². The molecule has 0 aliphatic carbocycles. The molecule has 0 aromatic heterocycles. The summed E-state index contributed by atoms with van der Waals surface area (Å²) >= 11 is 0. The topological polar surface area (TPSA) is 115 Å². The van der Waals surface area contributed by atoms with Crippen LogP contribution in [0.15, 0.2) is 21.8 Å². The molecule has 6 heteroatoms. The number of aliphatic imine (C=N–C) groups is 2. The van der Waals surface area contributed by atoms with Crippen molar-refractivity contribution in [1.82, 2.24) is 5.32 Å². The second-order valence-corrected chi connectivity index (χ2v) is 9.58. The van der Waals surface area contributed by atoms with Crippen LogP contribution in [0, 0.1) is 0 Å². The van der Waals surface area contributed by atoms with Crippen LogP contribution in [0.4, 0.5) is 0 Å². The summed E-state index contributed by atoms with van der Waals surface area (Å²) in [6.45, 7) is 8.13. The van der Waals surface area contributed by atoms with Crippen LogP contribution >= 0.6 is 0 Å². The Kier molecular flexibility index (Phi) is 23.2. The molecule has 0 radical (unpaired) electrons. The minimum Gasteiger partial charge on any atom is -0.386 e. The molecule has 0 amide bonds. The van der Waals surface area contributed by atoms with Gasteiger partial charge in [-0.25, -0.2) is 0 Å². The van der Waals surface area contributed by atoms with E-state index in [9.17, 15) is 0 Å². The fourth-order valence-corrected chi connectivity index (χ4v) is 4.16. The SMILES string of the molecule is CCC=C(CCCCCCCCCCCC)NC(CCCN=C(N)N)C(N)=NCCCCCC. The first-order valence-corrected chi connectivity index (χ1v) is 14.4. The number of rotatable bonds is 24. The van der Waals surface area contributed by atoms with Gasteiger partial charge in [0.25, 0.3) is 0 Å². The summed E-state index contributed by atoms with van der Waals surface area (Å²) in [7, 11) is 0. The highest BCUT2D eigenvalue weighted by atomic mass is 15.0. The van der Waals surface area contributed by atoms with Crippen LogP contribution < -0.4 is 22.5 Å². The zero-order chi connectivity index (χ0) is 25.3. The third-order valence-corrected chi connectivity index (χ3v) is 6.22. The third-order valence-electron chi connectivity index (χ3n) is 6.22. The lowest BCUT2D eigenvalue weighted by Crippen LogP contribution is -2.41. The molecule has 0 spiro atoms. The Labute approximate surface area is 211 Å². The summed E-state index contributed by atoms with van der Waals surface area (Å²) in [4.78, 5) is 8.82. The largest absolute Gasteiger partial charge is 0.386 e. The van der Waals surface area contributed by atoms with Gasteiger partial charge in [-0.15, -0.1) is 0 Å². The van der Waals surface area contributed by atoms with Crippen LogP contribution in [0.2, 0.25) is 0 Å². The maximum absolute atomic E-state index is 6.45. The maximum Gasteiger partial charge on any atom is 0.185 e. The summed E-state index contributed by atoms with van der Waals surface area (Å²) in [6, 6.07) is 0.0429. The number of amidine groups is 1. The average molecular weight is 479 g/mol. The standard InChI is InChI=1S/C28H58N6/c1-4-7-9-11-12-13-14-15-16-17-21-25(20-6-3)34-26(22-19-24-33-28(30)31)27(29)32-23-18-10-8-5-2/h20,26,34H,4-19,21-24H2,1-3H3,(H2,29,32)(H4,30,31,33). The molecule has 0 bridgehead atoms. The molecule has 0 fully saturated rings. The highest BCUT2D eigenvalue weighted by Gasteiger charge is 2.14. The van der Waals surface area contributed by atoms with Gasteiger partial charge < -0.3 is 22.5 Å². The zero-order valence-corrected chi connectivity index (χ0v) is 22.9. The van der Waals surface area contributed by atoms with E-state index in [2.05, 4.69) is 37.2 Å². The molecule has 7 N–H and O–H groups in total. The molecule has 0 aromatic rings. The fourth-order valence-electron chi connectivity index (χ4n) is 4.16. The summed E-state index contributed by atoms with van der Waals surface area (Å²) in [5.74, 6) is 0.862. The predicted molar refractivity (Wildman–Crippen MR) is 152 cm³/mol. The summed E-state index contributed by atoms with van der Waals surface area (Å²) in [6.07, 6.45) is 24.6. The van der Waals surface area contributed by atoms with E-state index in [0.717, 1.165) is 38.6 Å². The lowest BCUT2D eigenvalue weighted by Gasteiger charge is -2.22. The van der Waals surface area contributed by atoms with Crippen LogP contribution in [0.5, 0.6) is 0 Å². The van der Waals surface area contributed by atoms with Gasteiger partial charge in [0.1, 0.15) is 5.84 Å². The van der Waals surface area contributed by atoms with E-state index in [1.54, 1.807) is 0 Å². The van der Waals surface area contributed by atoms with Crippen molar-refractivity contribution in [2.24, 2.45) is 27.2 Å². The molecule has 0 aliphatic heterocycles. The lowest BCUT2D eigenvalue weighted by atomic mass is 10.0. The van der Waals surface area contributed by atoms with Gasteiger partial charge in [0.05, 0.1) is 6.04 Å². The Morgan fingerprint density at radius 3 is 1.76 bits per heavy atom. The monoisotopic (exact) mass is 478 g/mol. The van der Waals surface area contributed by atoms with Gasteiger partial charge in [-0.05, 0) is 38.5 Å². The van der Waals surface area contributed by atoms with Crippen LogP contribution in [0.25, 0.3) is 0 Å². The molecule has 0 rings (SSSR count). The first kappa shape index (κ1) is 32.3. The number of hydrogen-bond acceptors (Lipinski definition) is 3. The van der Waals surface area contributed by atoms with E-state index in [4.69, 9.17) is 22.2 Å². The summed E-state index contributed by atoms with van der Waals surface area (Å²) in [5.41, 5.74) is 18.7. The van der Waals surface area contributed by atoms with E-state index in [1.165, 1.54) is 89.2 Å². The van der Waals surface area contributed by atoms with Crippen molar-refractivity contribution in [3.63, 3.8) is 0 Å². The van der Waals surface area contributed by atoms with Crippen LogP contribution in [-0.4, -0.2) is 30.9 Å². The Morgan fingerprint density at radius 2 is 1.21 bits per heavy atom. The second kappa shape index (κ2) is 24.4. The van der Waals surface area contributed by atoms with Gasteiger partial charge in [0.15, 0.2) is 5.96 Å². The molecule has 200 valence electrons. The molecular formula is C28H58N6. The maximum atomic E-state index is 6.45. The molecule has 0 aliphatic rings. The average Bonchev–Trinajstić information content (AvgIpc) is 2.81. The number of nitrogens with zero attached hydrogens (tertiary/aromatic N) is 2. The van der Waals surface area contributed by atoms with Crippen LogP contribution in [0.1, 0.15) is 136 Å². The van der Waals surface area contributed by atoms with Crippen molar-refractivity contribution in [3.8, 4) is 0 Å². The highest BCUT2D eigenvalue weighted by molar-refractivity contribution is 5.86. The first-order chi connectivity index (χ1) is 16.5. The third kappa shape index (κ3) is 20.9. The van der Waals surface area contributed by atoms with Crippen molar-refractivity contribution in [2.45, 2.75) is 142 Å². The van der Waals surface area contributed by atoms with E-state index in [-0.39, 0.29) is 12.0 Å². The van der Waals surface area contributed by atoms with Crippen molar-refractivity contribution < 1.29 is 0 Å². The molecule has 6 nitrogen and oxygen atoms in total. The van der Waals surface area contributed by atoms with Crippen molar-refractivity contribution >= 4 is 11.8 Å². The van der Waals surface area contributed by atoms with Crippen molar-refractivity contribution in [2.75, 3.05) is 13.1 Å². The zero-order valence-electron chi connectivity index (χ0n) is 22.9. The minimum atomic E-state index is 0.0429. The number of unbranched alkanes of at least 4 members (excludes halogenated alkanes) is 12. The van der Waals surface area contributed by atoms with Gasteiger partial charge in [-0.1, -0.05) is 104 Å². The van der Waals surface area contributed by atoms with Gasteiger partial charge in [-0.2, -0.15) is 0 Å². The Hall–Kier alpha value is -1.72. The molecule has 0 heterocycles. The molecule has 1 unspecified atom stereocenters. The van der Waals surface area contributed by atoms with Gasteiger partial charge in [0.2, 0.25) is 0 Å².